The van der Waals surface area contributed by atoms with Crippen LogP contribution >= 0.6 is 0 Å². The maximum atomic E-state index is 10.7. The van der Waals surface area contributed by atoms with Crippen molar-refractivity contribution in [2.24, 2.45) is 0 Å². The van der Waals surface area contributed by atoms with Crippen LogP contribution in [-0.4, -0.2) is 4.92 Å². The van der Waals surface area contributed by atoms with Gasteiger partial charge in [0.15, 0.2) is 5.75 Å². The number of nitrogen functional groups attached to an aromatic ring is 1. The second-order valence-corrected chi connectivity index (χ2v) is 5.83. The van der Waals surface area contributed by atoms with E-state index < -0.39 is 4.92 Å². The molecule has 0 unspecified atom stereocenters. The van der Waals surface area contributed by atoms with E-state index in [0.717, 1.165) is 5.56 Å². The third kappa shape index (κ3) is 3.31. The van der Waals surface area contributed by atoms with Gasteiger partial charge in [0.25, 0.3) is 5.69 Å². The summed E-state index contributed by atoms with van der Waals surface area (Å²) in [7, 11) is 0. The molecule has 2 N–H and O–H groups in total. The van der Waals surface area contributed by atoms with Gasteiger partial charge in [0.05, 0.1) is 10.6 Å². The molecular formula is C16H18N2O3. The Balaban J connectivity index is 2.38. The van der Waals surface area contributed by atoms with Gasteiger partial charge >= 0.3 is 0 Å². The van der Waals surface area contributed by atoms with Gasteiger partial charge in [0, 0.05) is 17.7 Å². The van der Waals surface area contributed by atoms with Crippen LogP contribution in [0.3, 0.4) is 0 Å². The highest BCUT2D eigenvalue weighted by molar-refractivity contribution is 5.59. The largest absolute Gasteiger partial charge is 0.455 e. The van der Waals surface area contributed by atoms with Crippen molar-refractivity contribution in [3.63, 3.8) is 0 Å². The van der Waals surface area contributed by atoms with E-state index in [2.05, 4.69) is 20.8 Å². The Hall–Kier alpha value is -2.56. The monoisotopic (exact) mass is 286 g/mol. The summed E-state index contributed by atoms with van der Waals surface area (Å²) < 4.78 is 5.85. The molecule has 5 nitrogen and oxygen atoms in total. The zero-order valence-electron chi connectivity index (χ0n) is 12.3. The molecule has 0 saturated carbocycles. The molecule has 0 heterocycles. The van der Waals surface area contributed by atoms with E-state index in [-0.39, 0.29) is 16.8 Å². The van der Waals surface area contributed by atoms with Crippen LogP contribution in [0.1, 0.15) is 26.3 Å². The van der Waals surface area contributed by atoms with Crippen molar-refractivity contribution in [3.8, 4) is 11.5 Å². The molecule has 5 heteroatoms. The molecule has 2 aromatic rings. The number of ether oxygens (including phenoxy) is 1. The number of hydrogen-bond donors (Lipinski definition) is 1. The Morgan fingerprint density at radius 3 is 2.33 bits per heavy atom. The summed E-state index contributed by atoms with van der Waals surface area (Å²) >= 11 is 0. The van der Waals surface area contributed by atoms with Crippen molar-refractivity contribution >= 4 is 11.4 Å². The third-order valence-electron chi connectivity index (χ3n) is 3.12. The number of benzene rings is 2. The molecule has 0 aliphatic carbocycles. The summed E-state index contributed by atoms with van der Waals surface area (Å²) in [4.78, 5) is 10.2. The number of non-ortho nitro benzene ring substituents is 1. The first kappa shape index (κ1) is 14.8. The predicted molar refractivity (Wildman–Crippen MR) is 82.7 cm³/mol. The Morgan fingerprint density at radius 2 is 1.76 bits per heavy atom. The van der Waals surface area contributed by atoms with Crippen LogP contribution in [0, 0.1) is 10.1 Å². The molecule has 21 heavy (non-hydrogen) atoms. The predicted octanol–water partition coefficient (Wildman–Crippen LogP) is 4.27. The van der Waals surface area contributed by atoms with E-state index in [1.54, 1.807) is 0 Å². The molecule has 0 aliphatic heterocycles. The smallest absolute Gasteiger partial charge is 0.271 e. The maximum absolute atomic E-state index is 10.7. The van der Waals surface area contributed by atoms with Crippen LogP contribution in [-0.2, 0) is 5.41 Å². The van der Waals surface area contributed by atoms with E-state index in [9.17, 15) is 10.1 Å². The summed E-state index contributed by atoms with van der Waals surface area (Å²) in [5, 5.41) is 10.7. The molecule has 0 saturated heterocycles. The lowest BCUT2D eigenvalue weighted by molar-refractivity contribution is -0.384. The highest BCUT2D eigenvalue weighted by Gasteiger charge is 2.19. The highest BCUT2D eigenvalue weighted by Crippen LogP contribution is 2.36. The topological polar surface area (TPSA) is 78.4 Å². The van der Waals surface area contributed by atoms with Crippen molar-refractivity contribution in [1.82, 2.24) is 0 Å². The van der Waals surface area contributed by atoms with Gasteiger partial charge in [0.1, 0.15) is 5.75 Å². The number of nitro benzene ring substituents is 1. The SMILES string of the molecule is CC(C)(C)c1ccccc1Oc1ccc([N+](=O)[O-])cc1N. The van der Waals surface area contributed by atoms with Crippen molar-refractivity contribution in [3.05, 3.63) is 58.1 Å². The Morgan fingerprint density at radius 1 is 1.10 bits per heavy atom. The molecule has 2 rings (SSSR count). The van der Waals surface area contributed by atoms with Gasteiger partial charge in [-0.15, -0.1) is 0 Å². The van der Waals surface area contributed by atoms with Crippen LogP contribution in [0.4, 0.5) is 11.4 Å². The van der Waals surface area contributed by atoms with Crippen LogP contribution in [0.5, 0.6) is 11.5 Å². The van der Waals surface area contributed by atoms with Gasteiger partial charge in [0.2, 0.25) is 0 Å². The minimum Gasteiger partial charge on any atom is -0.455 e. The summed E-state index contributed by atoms with van der Waals surface area (Å²) in [6.07, 6.45) is 0. The van der Waals surface area contributed by atoms with E-state index in [1.165, 1.54) is 18.2 Å². The van der Waals surface area contributed by atoms with Gasteiger partial charge in [-0.05, 0) is 17.5 Å². The van der Waals surface area contributed by atoms with Gasteiger partial charge in [-0.3, -0.25) is 10.1 Å². The maximum Gasteiger partial charge on any atom is 0.271 e. The fraction of sp³-hybridized carbons (Fsp3) is 0.250. The molecule has 110 valence electrons. The average molecular weight is 286 g/mol. The standard InChI is InChI=1S/C16H18N2O3/c1-16(2,3)12-6-4-5-7-14(12)21-15-9-8-11(18(19)20)10-13(15)17/h4-10H,17H2,1-3H3. The first-order valence-electron chi connectivity index (χ1n) is 6.60. The number of nitrogens with two attached hydrogens (primary N) is 1. The Labute approximate surface area is 123 Å². The molecule has 0 bridgehead atoms. The summed E-state index contributed by atoms with van der Waals surface area (Å²) in [6, 6.07) is 11.9. The molecule has 0 radical (unpaired) electrons. The highest BCUT2D eigenvalue weighted by atomic mass is 16.6. The quantitative estimate of drug-likeness (QED) is 0.519. The number of nitrogens with zero attached hydrogens (tertiary/aromatic N) is 1. The average Bonchev–Trinajstić information content (AvgIpc) is 2.40. The first-order chi connectivity index (χ1) is 9.79. The Kier molecular flexibility index (Phi) is 3.84. The zero-order valence-corrected chi connectivity index (χ0v) is 12.3. The number of rotatable bonds is 3. The van der Waals surface area contributed by atoms with Crippen LogP contribution < -0.4 is 10.5 Å². The summed E-state index contributed by atoms with van der Waals surface area (Å²) in [6.45, 7) is 6.27. The van der Waals surface area contributed by atoms with Crippen molar-refractivity contribution < 1.29 is 9.66 Å². The van der Waals surface area contributed by atoms with Gasteiger partial charge in [-0.2, -0.15) is 0 Å². The fourth-order valence-corrected chi connectivity index (χ4v) is 2.04. The number of anilines is 1. The Bertz CT molecular complexity index is 675. The van der Waals surface area contributed by atoms with Crippen LogP contribution in [0.15, 0.2) is 42.5 Å². The number of nitro groups is 1. The van der Waals surface area contributed by atoms with Crippen LogP contribution in [0.25, 0.3) is 0 Å². The van der Waals surface area contributed by atoms with E-state index in [1.807, 2.05) is 24.3 Å². The molecule has 0 amide bonds. The second kappa shape index (κ2) is 5.44. The van der Waals surface area contributed by atoms with Gasteiger partial charge in [-0.25, -0.2) is 0 Å². The molecule has 0 aromatic heterocycles. The molecule has 0 aliphatic rings. The van der Waals surface area contributed by atoms with Crippen molar-refractivity contribution in [2.45, 2.75) is 26.2 Å². The second-order valence-electron chi connectivity index (χ2n) is 5.83. The normalized spacial score (nSPS) is 11.2. The summed E-state index contributed by atoms with van der Waals surface area (Å²) in [5.74, 6) is 1.11. The van der Waals surface area contributed by atoms with Gasteiger partial charge < -0.3 is 10.5 Å². The first-order valence-corrected chi connectivity index (χ1v) is 6.60. The molecule has 0 atom stereocenters. The lowest BCUT2D eigenvalue weighted by atomic mass is 9.86. The number of para-hydroxylation sites is 1. The lowest BCUT2D eigenvalue weighted by Gasteiger charge is -2.22. The summed E-state index contributed by atoms with van der Waals surface area (Å²) in [5.41, 5.74) is 7.00. The molecular weight excluding hydrogens is 268 g/mol. The van der Waals surface area contributed by atoms with E-state index >= 15 is 0 Å². The molecule has 0 spiro atoms. The van der Waals surface area contributed by atoms with Crippen molar-refractivity contribution in [2.75, 3.05) is 5.73 Å². The van der Waals surface area contributed by atoms with E-state index in [0.29, 0.717) is 11.5 Å². The van der Waals surface area contributed by atoms with Crippen molar-refractivity contribution in [1.29, 1.82) is 0 Å². The zero-order chi connectivity index (χ0) is 15.6. The minimum atomic E-state index is -0.483. The van der Waals surface area contributed by atoms with Crippen LogP contribution in [0.2, 0.25) is 0 Å². The molecule has 0 fully saturated rings. The fourth-order valence-electron chi connectivity index (χ4n) is 2.04. The third-order valence-corrected chi connectivity index (χ3v) is 3.12. The molecule has 2 aromatic carbocycles. The lowest BCUT2D eigenvalue weighted by Crippen LogP contribution is -2.12. The number of hydrogen-bond acceptors (Lipinski definition) is 4. The minimum absolute atomic E-state index is 0.0519. The van der Waals surface area contributed by atoms with Gasteiger partial charge in [-0.1, -0.05) is 39.0 Å². The van der Waals surface area contributed by atoms with E-state index in [4.69, 9.17) is 10.5 Å².